The van der Waals surface area contributed by atoms with Crippen LogP contribution in [-0.4, -0.2) is 17.6 Å². The molecule has 1 aromatic rings. The van der Waals surface area contributed by atoms with E-state index in [9.17, 15) is 0 Å². The van der Waals surface area contributed by atoms with Crippen molar-refractivity contribution in [2.45, 2.75) is 38.1 Å². The zero-order valence-corrected chi connectivity index (χ0v) is 9.42. The van der Waals surface area contributed by atoms with E-state index < -0.39 is 0 Å². The average molecular weight is 206 g/mol. The first-order chi connectivity index (χ1) is 7.13. The fourth-order valence-corrected chi connectivity index (χ4v) is 1.68. The first kappa shape index (κ1) is 10.4. The van der Waals surface area contributed by atoms with Crippen LogP contribution in [0.15, 0.2) is 12.1 Å². The van der Waals surface area contributed by atoms with Gasteiger partial charge in [0.05, 0.1) is 7.11 Å². The third-order valence-electron chi connectivity index (χ3n) is 3.07. The van der Waals surface area contributed by atoms with Crippen LogP contribution < -0.4 is 10.5 Å². The zero-order chi connectivity index (χ0) is 10.9. The maximum atomic E-state index is 6.04. The molecule has 15 heavy (non-hydrogen) atoms. The van der Waals surface area contributed by atoms with Crippen LogP contribution in [0.4, 0.5) is 0 Å². The van der Waals surface area contributed by atoms with Gasteiger partial charge in [-0.15, -0.1) is 0 Å². The molecule has 0 saturated heterocycles. The molecule has 2 N–H and O–H groups in total. The van der Waals surface area contributed by atoms with Gasteiger partial charge in [0.2, 0.25) is 5.88 Å². The molecule has 3 heteroatoms. The molecule has 1 aliphatic rings. The summed E-state index contributed by atoms with van der Waals surface area (Å²) in [7, 11) is 1.66. The molecule has 0 aliphatic heterocycles. The Bertz CT molecular complexity index is 359. The van der Waals surface area contributed by atoms with Crippen LogP contribution in [0.3, 0.4) is 0 Å². The number of nitrogens with two attached hydrogens (primary N) is 1. The molecule has 1 heterocycles. The van der Waals surface area contributed by atoms with Gasteiger partial charge in [0.1, 0.15) is 0 Å². The highest BCUT2D eigenvalue weighted by Crippen LogP contribution is 2.36. The Hall–Kier alpha value is -1.09. The van der Waals surface area contributed by atoms with Gasteiger partial charge in [0.25, 0.3) is 0 Å². The number of pyridine rings is 1. The molecule has 0 amide bonds. The molecular weight excluding hydrogens is 188 g/mol. The minimum atomic E-state index is 0.111. The predicted molar refractivity (Wildman–Crippen MR) is 60.0 cm³/mol. The second-order valence-corrected chi connectivity index (χ2v) is 4.49. The van der Waals surface area contributed by atoms with Crippen molar-refractivity contribution in [3.8, 4) is 5.88 Å². The molecule has 0 atom stereocenters. The van der Waals surface area contributed by atoms with Crippen molar-refractivity contribution in [3.63, 3.8) is 0 Å². The molecule has 1 saturated carbocycles. The minimum absolute atomic E-state index is 0.111. The van der Waals surface area contributed by atoms with Gasteiger partial charge in [-0.05, 0) is 38.7 Å². The number of aromatic nitrogens is 1. The van der Waals surface area contributed by atoms with Crippen LogP contribution in [0.2, 0.25) is 0 Å². The zero-order valence-electron chi connectivity index (χ0n) is 9.42. The molecule has 0 unspecified atom stereocenters. The second-order valence-electron chi connectivity index (χ2n) is 4.49. The lowest BCUT2D eigenvalue weighted by Crippen LogP contribution is -2.22. The molecule has 1 aromatic heterocycles. The molecule has 2 rings (SSSR count). The Kier molecular flexibility index (Phi) is 2.65. The van der Waals surface area contributed by atoms with Crippen molar-refractivity contribution >= 4 is 0 Å². The lowest BCUT2D eigenvalue weighted by molar-refractivity contribution is 0.392. The third-order valence-corrected chi connectivity index (χ3v) is 3.07. The molecule has 82 valence electrons. The van der Waals surface area contributed by atoms with Crippen LogP contribution in [0.25, 0.3) is 0 Å². The normalized spacial score (nSPS) is 17.5. The summed E-state index contributed by atoms with van der Waals surface area (Å²) in [6.07, 6.45) is 4.31. The lowest BCUT2D eigenvalue weighted by Gasteiger charge is -2.09. The van der Waals surface area contributed by atoms with Gasteiger partial charge in [-0.2, -0.15) is 0 Å². The highest BCUT2D eigenvalue weighted by Gasteiger charge is 2.37. The Balaban J connectivity index is 2.01. The maximum absolute atomic E-state index is 6.04. The molecule has 0 radical (unpaired) electrons. The van der Waals surface area contributed by atoms with E-state index in [0.29, 0.717) is 0 Å². The maximum Gasteiger partial charge on any atom is 0.216 e. The quantitative estimate of drug-likeness (QED) is 0.817. The SMILES string of the molecule is COc1nc(CCC2(N)CC2)ccc1C. The summed E-state index contributed by atoms with van der Waals surface area (Å²) in [4.78, 5) is 4.44. The fourth-order valence-electron chi connectivity index (χ4n) is 1.68. The van der Waals surface area contributed by atoms with Crippen molar-refractivity contribution in [1.82, 2.24) is 4.98 Å². The molecular formula is C12H18N2O. The number of aryl methyl sites for hydroxylation is 2. The summed E-state index contributed by atoms with van der Waals surface area (Å²) >= 11 is 0. The first-order valence-corrected chi connectivity index (χ1v) is 5.42. The van der Waals surface area contributed by atoms with Crippen LogP contribution in [0.5, 0.6) is 5.88 Å². The van der Waals surface area contributed by atoms with Crippen LogP contribution in [0.1, 0.15) is 30.5 Å². The van der Waals surface area contributed by atoms with Gasteiger partial charge in [0.15, 0.2) is 0 Å². The van der Waals surface area contributed by atoms with Crippen molar-refractivity contribution in [3.05, 3.63) is 23.4 Å². The number of methoxy groups -OCH3 is 1. The van der Waals surface area contributed by atoms with E-state index in [-0.39, 0.29) is 5.54 Å². The van der Waals surface area contributed by atoms with Crippen LogP contribution in [-0.2, 0) is 6.42 Å². The highest BCUT2D eigenvalue weighted by molar-refractivity contribution is 5.26. The average Bonchev–Trinajstić information content (AvgIpc) is 2.96. The van der Waals surface area contributed by atoms with E-state index >= 15 is 0 Å². The Morgan fingerprint density at radius 3 is 2.80 bits per heavy atom. The van der Waals surface area contributed by atoms with Crippen molar-refractivity contribution in [2.75, 3.05) is 7.11 Å². The van der Waals surface area contributed by atoms with Gasteiger partial charge in [-0.25, -0.2) is 4.98 Å². The first-order valence-electron chi connectivity index (χ1n) is 5.42. The second kappa shape index (κ2) is 3.81. The van der Waals surface area contributed by atoms with Crippen molar-refractivity contribution < 1.29 is 4.74 Å². The largest absolute Gasteiger partial charge is 0.481 e. The summed E-state index contributed by atoms with van der Waals surface area (Å²) < 4.78 is 5.19. The smallest absolute Gasteiger partial charge is 0.216 e. The number of hydrogen-bond donors (Lipinski definition) is 1. The van der Waals surface area contributed by atoms with Crippen LogP contribution >= 0.6 is 0 Å². The number of nitrogens with zero attached hydrogens (tertiary/aromatic N) is 1. The monoisotopic (exact) mass is 206 g/mol. The molecule has 0 bridgehead atoms. The highest BCUT2D eigenvalue weighted by atomic mass is 16.5. The van der Waals surface area contributed by atoms with Gasteiger partial charge < -0.3 is 10.5 Å². The van der Waals surface area contributed by atoms with E-state index in [1.165, 1.54) is 0 Å². The summed E-state index contributed by atoms with van der Waals surface area (Å²) in [5, 5.41) is 0. The Labute approximate surface area is 90.7 Å². The van der Waals surface area contributed by atoms with E-state index in [4.69, 9.17) is 10.5 Å². The fraction of sp³-hybridized carbons (Fsp3) is 0.583. The van der Waals surface area contributed by atoms with E-state index in [0.717, 1.165) is 42.8 Å². The Morgan fingerprint density at radius 1 is 1.47 bits per heavy atom. The van der Waals surface area contributed by atoms with E-state index in [1.807, 2.05) is 6.92 Å². The predicted octanol–water partition coefficient (Wildman–Crippen LogP) is 1.82. The Morgan fingerprint density at radius 2 is 2.20 bits per heavy atom. The third kappa shape index (κ3) is 2.48. The summed E-state index contributed by atoms with van der Waals surface area (Å²) in [5.41, 5.74) is 8.30. The van der Waals surface area contributed by atoms with E-state index in [2.05, 4.69) is 17.1 Å². The molecule has 1 aliphatic carbocycles. The van der Waals surface area contributed by atoms with Gasteiger partial charge in [-0.3, -0.25) is 0 Å². The molecule has 0 spiro atoms. The van der Waals surface area contributed by atoms with Gasteiger partial charge >= 0.3 is 0 Å². The standard InChI is InChI=1S/C12H18N2O/c1-9-3-4-10(14-11(9)15-2)5-6-12(13)7-8-12/h3-4H,5-8,13H2,1-2H3. The van der Waals surface area contributed by atoms with Crippen molar-refractivity contribution in [1.29, 1.82) is 0 Å². The number of rotatable bonds is 4. The number of hydrogen-bond acceptors (Lipinski definition) is 3. The van der Waals surface area contributed by atoms with Crippen LogP contribution in [0, 0.1) is 6.92 Å². The summed E-state index contributed by atoms with van der Waals surface area (Å²) in [5.74, 6) is 0.731. The lowest BCUT2D eigenvalue weighted by atomic mass is 10.1. The minimum Gasteiger partial charge on any atom is -0.481 e. The van der Waals surface area contributed by atoms with E-state index in [1.54, 1.807) is 7.11 Å². The summed E-state index contributed by atoms with van der Waals surface area (Å²) in [6, 6.07) is 4.11. The molecule has 3 nitrogen and oxygen atoms in total. The molecule has 1 fully saturated rings. The van der Waals surface area contributed by atoms with Gasteiger partial charge in [0, 0.05) is 16.8 Å². The summed E-state index contributed by atoms with van der Waals surface area (Å²) in [6.45, 7) is 2.00. The van der Waals surface area contributed by atoms with Gasteiger partial charge in [-0.1, -0.05) is 6.07 Å². The number of ether oxygens (including phenoxy) is 1. The molecule has 0 aromatic carbocycles. The van der Waals surface area contributed by atoms with Crippen molar-refractivity contribution in [2.24, 2.45) is 5.73 Å². The topological polar surface area (TPSA) is 48.1 Å².